The summed E-state index contributed by atoms with van der Waals surface area (Å²) >= 11 is 0. The maximum atomic E-state index is 6.96. The van der Waals surface area contributed by atoms with Gasteiger partial charge in [-0.05, 0) is 120 Å². The van der Waals surface area contributed by atoms with E-state index in [0.29, 0.717) is 0 Å². The van der Waals surface area contributed by atoms with E-state index in [0.717, 1.165) is 33.8 Å². The molecule has 0 amide bonds. The second-order valence-corrected chi connectivity index (χ2v) is 16.5. The van der Waals surface area contributed by atoms with Gasteiger partial charge in [0.1, 0.15) is 11.2 Å². The lowest BCUT2D eigenvalue weighted by atomic mass is 9.81. The summed E-state index contributed by atoms with van der Waals surface area (Å²) in [6.45, 7) is 4.75. The molecule has 0 spiro atoms. The second-order valence-electron chi connectivity index (χ2n) is 16.5. The van der Waals surface area contributed by atoms with Gasteiger partial charge in [-0.2, -0.15) is 0 Å². The van der Waals surface area contributed by atoms with Crippen molar-refractivity contribution in [2.75, 3.05) is 4.90 Å². The molecule has 10 aromatic carbocycles. The van der Waals surface area contributed by atoms with Crippen LogP contribution in [0.15, 0.2) is 205 Å². The summed E-state index contributed by atoms with van der Waals surface area (Å²) in [5, 5.41) is 7.23. The van der Waals surface area contributed by atoms with E-state index in [1.54, 1.807) is 0 Å². The monoisotopic (exact) mass is 753 g/mol. The molecule has 0 saturated heterocycles. The van der Waals surface area contributed by atoms with Crippen LogP contribution in [0.5, 0.6) is 0 Å². The van der Waals surface area contributed by atoms with E-state index in [1.165, 1.54) is 82.4 Å². The first-order chi connectivity index (χ1) is 29.0. The number of benzene rings is 10. The van der Waals surface area contributed by atoms with Crippen molar-refractivity contribution in [2.45, 2.75) is 19.3 Å². The maximum absolute atomic E-state index is 6.96. The van der Waals surface area contributed by atoms with Crippen LogP contribution in [0.2, 0.25) is 0 Å². The van der Waals surface area contributed by atoms with Crippen molar-refractivity contribution >= 4 is 60.5 Å². The molecule has 1 aromatic heterocycles. The standard InChI is InChI=1S/C57H39NO/c1-57(2)50-24-14-23-44(39-19-10-5-11-20-39)54(50)47-30-29-42(34-51(47)57)58(41-27-25-38(26-28-41)36-15-6-3-7-16-36)43-33-49-46-22-13-12-21-45(46)48-31-40(37-17-8-4-9-18-37)32-52-55(48)56(49)53(35-43)59-52/h3-35H,1-2H3. The number of nitrogens with zero attached hydrogens (tertiary/aromatic N) is 1. The van der Waals surface area contributed by atoms with Crippen LogP contribution < -0.4 is 4.90 Å². The number of hydrogen-bond donors (Lipinski definition) is 0. The van der Waals surface area contributed by atoms with Gasteiger partial charge in [-0.3, -0.25) is 0 Å². The SMILES string of the molecule is CC1(C)c2cc(N(c3ccc(-c4ccccc4)cc3)c3cc4oc5cc(-c6ccccc6)cc6c7ccccc7c(c3)c4c56)ccc2-c2c(-c3ccccc3)cccc21. The van der Waals surface area contributed by atoms with Crippen LogP contribution in [-0.4, -0.2) is 0 Å². The molecule has 0 N–H and O–H groups in total. The van der Waals surface area contributed by atoms with Crippen LogP contribution in [0.25, 0.3) is 88.0 Å². The molecule has 0 atom stereocenters. The van der Waals surface area contributed by atoms with E-state index in [4.69, 9.17) is 4.42 Å². The van der Waals surface area contributed by atoms with Crippen LogP contribution in [0, 0.1) is 0 Å². The molecular weight excluding hydrogens is 715 g/mol. The minimum atomic E-state index is -0.200. The molecule has 12 rings (SSSR count). The van der Waals surface area contributed by atoms with Gasteiger partial charge in [0.15, 0.2) is 0 Å². The molecule has 0 saturated carbocycles. The quantitative estimate of drug-likeness (QED) is 0.157. The number of furan rings is 1. The highest BCUT2D eigenvalue weighted by atomic mass is 16.3. The molecule has 1 aliphatic rings. The molecule has 1 aliphatic carbocycles. The second kappa shape index (κ2) is 12.8. The minimum absolute atomic E-state index is 0.200. The lowest BCUT2D eigenvalue weighted by Crippen LogP contribution is -2.16. The maximum Gasteiger partial charge on any atom is 0.138 e. The minimum Gasteiger partial charge on any atom is -0.456 e. The van der Waals surface area contributed by atoms with Crippen molar-refractivity contribution in [3.8, 4) is 44.5 Å². The highest BCUT2D eigenvalue weighted by molar-refractivity contribution is 6.34. The Labute approximate surface area is 343 Å². The summed E-state index contributed by atoms with van der Waals surface area (Å²) < 4.78 is 6.96. The van der Waals surface area contributed by atoms with E-state index in [9.17, 15) is 0 Å². The van der Waals surface area contributed by atoms with Gasteiger partial charge >= 0.3 is 0 Å². The van der Waals surface area contributed by atoms with Gasteiger partial charge in [0.05, 0.1) is 5.69 Å². The largest absolute Gasteiger partial charge is 0.456 e. The van der Waals surface area contributed by atoms with Gasteiger partial charge in [-0.15, -0.1) is 0 Å². The van der Waals surface area contributed by atoms with Gasteiger partial charge in [-0.25, -0.2) is 0 Å². The van der Waals surface area contributed by atoms with E-state index in [-0.39, 0.29) is 5.41 Å². The average Bonchev–Trinajstić information content (AvgIpc) is 3.78. The van der Waals surface area contributed by atoms with Crippen LogP contribution in [0.3, 0.4) is 0 Å². The van der Waals surface area contributed by atoms with Gasteiger partial charge in [0.25, 0.3) is 0 Å². The fourth-order valence-corrected chi connectivity index (χ4v) is 9.97. The van der Waals surface area contributed by atoms with E-state index in [2.05, 4.69) is 219 Å². The molecule has 11 aromatic rings. The van der Waals surface area contributed by atoms with Crippen LogP contribution in [-0.2, 0) is 5.41 Å². The van der Waals surface area contributed by atoms with Crippen LogP contribution >= 0.6 is 0 Å². The van der Waals surface area contributed by atoms with Gasteiger partial charge < -0.3 is 9.32 Å². The van der Waals surface area contributed by atoms with Crippen molar-refractivity contribution in [3.05, 3.63) is 211 Å². The van der Waals surface area contributed by atoms with Gasteiger partial charge in [0.2, 0.25) is 0 Å². The Balaban J connectivity index is 1.09. The average molecular weight is 754 g/mol. The Kier molecular flexibility index (Phi) is 7.31. The lowest BCUT2D eigenvalue weighted by Gasteiger charge is -2.28. The van der Waals surface area contributed by atoms with E-state index < -0.39 is 0 Å². The number of hydrogen-bond acceptors (Lipinski definition) is 2. The number of anilines is 3. The zero-order valence-corrected chi connectivity index (χ0v) is 32.9. The summed E-state index contributed by atoms with van der Waals surface area (Å²) in [6.07, 6.45) is 0. The molecular formula is C57H39NO. The van der Waals surface area contributed by atoms with Crippen LogP contribution in [0.1, 0.15) is 25.0 Å². The zero-order chi connectivity index (χ0) is 39.2. The molecule has 2 heteroatoms. The van der Waals surface area contributed by atoms with Crippen molar-refractivity contribution < 1.29 is 4.42 Å². The third-order valence-electron chi connectivity index (χ3n) is 12.8. The van der Waals surface area contributed by atoms with Crippen molar-refractivity contribution in [2.24, 2.45) is 0 Å². The molecule has 0 bridgehead atoms. The molecule has 0 radical (unpaired) electrons. The molecule has 2 nitrogen and oxygen atoms in total. The van der Waals surface area contributed by atoms with Crippen molar-refractivity contribution in [1.82, 2.24) is 0 Å². The highest BCUT2D eigenvalue weighted by Gasteiger charge is 2.37. The molecule has 0 aliphatic heterocycles. The first-order valence-electron chi connectivity index (χ1n) is 20.5. The van der Waals surface area contributed by atoms with Crippen molar-refractivity contribution in [1.29, 1.82) is 0 Å². The zero-order valence-electron chi connectivity index (χ0n) is 32.9. The molecule has 278 valence electrons. The Morgan fingerprint density at radius 1 is 0.356 bits per heavy atom. The molecule has 59 heavy (non-hydrogen) atoms. The summed E-state index contributed by atoms with van der Waals surface area (Å²) in [7, 11) is 0. The summed E-state index contributed by atoms with van der Waals surface area (Å²) in [5.41, 5.74) is 17.4. The fraction of sp³-hybridized carbons (Fsp3) is 0.0526. The Morgan fingerprint density at radius 3 is 1.59 bits per heavy atom. The molecule has 0 unspecified atom stereocenters. The molecule has 1 heterocycles. The summed E-state index contributed by atoms with van der Waals surface area (Å²) in [6, 6.07) is 73.0. The number of fused-ring (bicyclic) bond motifs is 6. The fourth-order valence-electron chi connectivity index (χ4n) is 9.97. The third kappa shape index (κ3) is 5.13. The third-order valence-corrected chi connectivity index (χ3v) is 12.8. The van der Waals surface area contributed by atoms with Crippen molar-refractivity contribution in [3.63, 3.8) is 0 Å². The Hall–Kier alpha value is -7.42. The lowest BCUT2D eigenvalue weighted by molar-refractivity contribution is 0.660. The Bertz CT molecular complexity index is 3380. The van der Waals surface area contributed by atoms with Gasteiger partial charge in [-0.1, -0.05) is 166 Å². The smallest absolute Gasteiger partial charge is 0.138 e. The summed E-state index contributed by atoms with van der Waals surface area (Å²) in [5.74, 6) is 0. The molecule has 0 fully saturated rings. The van der Waals surface area contributed by atoms with Crippen LogP contribution in [0.4, 0.5) is 17.1 Å². The van der Waals surface area contributed by atoms with E-state index >= 15 is 0 Å². The van der Waals surface area contributed by atoms with E-state index in [1.807, 2.05) is 0 Å². The highest BCUT2D eigenvalue weighted by Crippen LogP contribution is 2.54. The normalized spacial score (nSPS) is 13.1. The number of rotatable bonds is 6. The first kappa shape index (κ1) is 33.7. The topological polar surface area (TPSA) is 16.4 Å². The first-order valence-corrected chi connectivity index (χ1v) is 20.5. The predicted molar refractivity (Wildman–Crippen MR) is 248 cm³/mol. The summed E-state index contributed by atoms with van der Waals surface area (Å²) in [4.78, 5) is 2.42. The predicted octanol–water partition coefficient (Wildman–Crippen LogP) is 16.1. The van der Waals surface area contributed by atoms with Gasteiger partial charge in [0, 0.05) is 33.6 Å². The Morgan fingerprint density at radius 2 is 0.915 bits per heavy atom.